The minimum atomic E-state index is -0.750. The van der Waals surface area contributed by atoms with Gasteiger partial charge in [-0.15, -0.1) is 0 Å². The lowest BCUT2D eigenvalue weighted by Crippen LogP contribution is -2.27. The summed E-state index contributed by atoms with van der Waals surface area (Å²) in [6.45, 7) is 0.0752. The second kappa shape index (κ2) is 7.82. The van der Waals surface area contributed by atoms with Crippen molar-refractivity contribution < 1.29 is 13.6 Å². The van der Waals surface area contributed by atoms with Crippen LogP contribution < -0.4 is 15.1 Å². The van der Waals surface area contributed by atoms with Crippen molar-refractivity contribution in [1.82, 2.24) is 20.3 Å². The van der Waals surface area contributed by atoms with E-state index in [4.69, 9.17) is 0 Å². The Balaban J connectivity index is 2.06. The van der Waals surface area contributed by atoms with Crippen molar-refractivity contribution in [3.63, 3.8) is 0 Å². The molecule has 0 saturated carbocycles. The summed E-state index contributed by atoms with van der Waals surface area (Å²) in [5.74, 6) is -0.529. The van der Waals surface area contributed by atoms with E-state index >= 15 is 0 Å². The van der Waals surface area contributed by atoms with Crippen LogP contribution in [0.15, 0.2) is 18.2 Å². The minimum Gasteiger partial charge on any atom is -0.349 e. The van der Waals surface area contributed by atoms with Gasteiger partial charge in [0.25, 0.3) is 0 Å². The van der Waals surface area contributed by atoms with Crippen LogP contribution in [0.4, 0.5) is 20.7 Å². The monoisotopic (exact) mass is 350 g/mol. The van der Waals surface area contributed by atoms with Gasteiger partial charge >= 0.3 is 0 Å². The molecule has 1 amide bonds. The van der Waals surface area contributed by atoms with Gasteiger partial charge < -0.3 is 15.1 Å². The molecule has 2 aromatic rings. The maximum Gasteiger partial charge on any atom is 0.229 e. The molecule has 1 aromatic carbocycles. The molecule has 1 heterocycles. The zero-order valence-corrected chi connectivity index (χ0v) is 14.5. The molecule has 0 radical (unpaired) electrons. The Labute approximate surface area is 144 Å². The molecule has 0 bridgehead atoms. The highest BCUT2D eigenvalue weighted by molar-refractivity contribution is 5.78. The van der Waals surface area contributed by atoms with Gasteiger partial charge in [-0.2, -0.15) is 15.0 Å². The molecule has 134 valence electrons. The third-order valence-electron chi connectivity index (χ3n) is 3.27. The molecule has 0 aliphatic rings. The number of nitrogens with zero attached hydrogens (tertiary/aromatic N) is 5. The van der Waals surface area contributed by atoms with Crippen molar-refractivity contribution in [1.29, 1.82) is 0 Å². The maximum atomic E-state index is 13.6. The molecule has 7 nitrogen and oxygen atoms in total. The summed E-state index contributed by atoms with van der Waals surface area (Å²) in [6.07, 6.45) is -0.196. The molecule has 2 rings (SSSR count). The first kappa shape index (κ1) is 18.5. The molecular weight excluding hydrogens is 330 g/mol. The van der Waals surface area contributed by atoms with Gasteiger partial charge in [0, 0.05) is 34.3 Å². The van der Waals surface area contributed by atoms with Crippen LogP contribution in [0.1, 0.15) is 11.4 Å². The number of hydrogen-bond donors (Lipinski definition) is 1. The molecule has 0 aliphatic carbocycles. The Morgan fingerprint density at radius 2 is 1.64 bits per heavy atom. The quantitative estimate of drug-likeness (QED) is 0.842. The molecule has 1 aromatic heterocycles. The van der Waals surface area contributed by atoms with Crippen LogP contribution in [0, 0.1) is 11.6 Å². The van der Waals surface area contributed by atoms with Gasteiger partial charge in [-0.25, -0.2) is 8.78 Å². The fraction of sp³-hybridized carbons (Fsp3) is 0.375. The number of benzene rings is 1. The van der Waals surface area contributed by atoms with E-state index in [2.05, 4.69) is 20.3 Å². The predicted octanol–water partition coefficient (Wildman–Crippen LogP) is 1.14. The van der Waals surface area contributed by atoms with E-state index in [0.29, 0.717) is 17.7 Å². The molecule has 0 spiro atoms. The lowest BCUT2D eigenvalue weighted by Gasteiger charge is -2.16. The molecule has 0 unspecified atom stereocenters. The average Bonchev–Trinajstić information content (AvgIpc) is 2.55. The summed E-state index contributed by atoms with van der Waals surface area (Å²) in [7, 11) is 7.20. The SMILES string of the molecule is CN(C)c1nc(CNC(=O)Cc2ccc(F)cc2F)nc(N(C)C)n1. The first-order valence-corrected chi connectivity index (χ1v) is 7.56. The van der Waals surface area contributed by atoms with Crippen LogP contribution in [-0.2, 0) is 17.8 Å². The number of nitrogens with one attached hydrogen (secondary N) is 1. The molecule has 0 aliphatic heterocycles. The number of halogens is 2. The Hall–Kier alpha value is -2.84. The summed E-state index contributed by atoms with van der Waals surface area (Å²) in [6, 6.07) is 3.12. The third-order valence-corrected chi connectivity index (χ3v) is 3.27. The van der Waals surface area contributed by atoms with Gasteiger partial charge in [-0.3, -0.25) is 4.79 Å². The number of anilines is 2. The largest absolute Gasteiger partial charge is 0.349 e. The predicted molar refractivity (Wildman–Crippen MR) is 90.4 cm³/mol. The second-order valence-corrected chi connectivity index (χ2v) is 5.83. The van der Waals surface area contributed by atoms with E-state index in [9.17, 15) is 13.6 Å². The molecule has 25 heavy (non-hydrogen) atoms. The van der Waals surface area contributed by atoms with Crippen LogP contribution in [0.2, 0.25) is 0 Å². The van der Waals surface area contributed by atoms with E-state index in [1.807, 2.05) is 0 Å². The first-order valence-electron chi connectivity index (χ1n) is 7.56. The van der Waals surface area contributed by atoms with Crippen LogP contribution >= 0.6 is 0 Å². The summed E-state index contributed by atoms with van der Waals surface area (Å²) in [4.78, 5) is 28.3. The van der Waals surface area contributed by atoms with E-state index in [0.717, 1.165) is 12.1 Å². The summed E-state index contributed by atoms with van der Waals surface area (Å²) in [5.41, 5.74) is 0.123. The minimum absolute atomic E-state index is 0.0752. The van der Waals surface area contributed by atoms with Gasteiger partial charge in [0.15, 0.2) is 5.82 Å². The topological polar surface area (TPSA) is 74.2 Å². The summed E-state index contributed by atoms with van der Waals surface area (Å²) >= 11 is 0. The second-order valence-electron chi connectivity index (χ2n) is 5.83. The first-order chi connectivity index (χ1) is 11.8. The standard InChI is InChI=1S/C16H20F2N6O/c1-23(2)15-20-13(21-16(22-15)24(3)4)9-19-14(25)7-10-5-6-11(17)8-12(10)18/h5-6,8H,7,9H2,1-4H3,(H,19,25). The normalized spacial score (nSPS) is 10.5. The van der Waals surface area contributed by atoms with Gasteiger partial charge in [0.1, 0.15) is 11.6 Å². The van der Waals surface area contributed by atoms with Gasteiger partial charge in [-0.05, 0) is 11.6 Å². The van der Waals surface area contributed by atoms with E-state index in [1.54, 1.807) is 38.0 Å². The Kier molecular flexibility index (Phi) is 5.79. The van der Waals surface area contributed by atoms with Gasteiger partial charge in [0.05, 0.1) is 13.0 Å². The third kappa shape index (κ3) is 5.07. The van der Waals surface area contributed by atoms with Crippen LogP contribution in [-0.4, -0.2) is 49.0 Å². The molecular formula is C16H20F2N6O. The van der Waals surface area contributed by atoms with Crippen molar-refractivity contribution in [2.45, 2.75) is 13.0 Å². The lowest BCUT2D eigenvalue weighted by atomic mass is 10.1. The molecule has 1 N–H and O–H groups in total. The zero-order valence-electron chi connectivity index (χ0n) is 14.5. The van der Waals surface area contributed by atoms with E-state index in [1.165, 1.54) is 6.07 Å². The van der Waals surface area contributed by atoms with Gasteiger partial charge in [-0.1, -0.05) is 6.07 Å². The molecule has 0 saturated heterocycles. The number of rotatable bonds is 6. The van der Waals surface area contributed by atoms with Crippen LogP contribution in [0.5, 0.6) is 0 Å². The number of aromatic nitrogens is 3. The Morgan fingerprint density at radius 1 is 1.04 bits per heavy atom. The van der Waals surface area contributed by atoms with E-state index < -0.39 is 17.5 Å². The van der Waals surface area contributed by atoms with Crippen LogP contribution in [0.3, 0.4) is 0 Å². The van der Waals surface area contributed by atoms with E-state index in [-0.39, 0.29) is 18.5 Å². The fourth-order valence-corrected chi connectivity index (χ4v) is 1.95. The lowest BCUT2D eigenvalue weighted by molar-refractivity contribution is -0.120. The summed E-state index contributed by atoms with van der Waals surface area (Å²) < 4.78 is 26.5. The van der Waals surface area contributed by atoms with Gasteiger partial charge in [0.2, 0.25) is 17.8 Å². The highest BCUT2D eigenvalue weighted by Gasteiger charge is 2.12. The maximum absolute atomic E-state index is 13.6. The number of carbonyl (C=O) groups is 1. The van der Waals surface area contributed by atoms with Crippen molar-refractivity contribution in [3.05, 3.63) is 41.2 Å². The fourth-order valence-electron chi connectivity index (χ4n) is 1.95. The van der Waals surface area contributed by atoms with Crippen molar-refractivity contribution in [2.24, 2.45) is 0 Å². The average molecular weight is 350 g/mol. The highest BCUT2D eigenvalue weighted by Crippen LogP contribution is 2.11. The van der Waals surface area contributed by atoms with Crippen molar-refractivity contribution in [2.75, 3.05) is 38.0 Å². The molecule has 0 fully saturated rings. The Bertz CT molecular complexity index is 740. The number of carbonyl (C=O) groups excluding carboxylic acids is 1. The van der Waals surface area contributed by atoms with Crippen molar-refractivity contribution in [3.8, 4) is 0 Å². The molecule has 9 heteroatoms. The highest BCUT2D eigenvalue weighted by atomic mass is 19.1. The van der Waals surface area contributed by atoms with Crippen molar-refractivity contribution >= 4 is 17.8 Å². The Morgan fingerprint density at radius 3 is 2.16 bits per heavy atom. The zero-order chi connectivity index (χ0) is 18.6. The number of hydrogen-bond acceptors (Lipinski definition) is 6. The van der Waals surface area contributed by atoms with Crippen LogP contribution in [0.25, 0.3) is 0 Å². The number of amides is 1. The molecule has 0 atom stereocenters. The summed E-state index contributed by atoms with van der Waals surface area (Å²) in [5, 5.41) is 2.63. The smallest absolute Gasteiger partial charge is 0.229 e.